The molecule has 4 aromatic rings. The van der Waals surface area contributed by atoms with Crippen molar-refractivity contribution in [3.05, 3.63) is 96.2 Å². The van der Waals surface area contributed by atoms with Crippen LogP contribution in [0.1, 0.15) is 11.3 Å². The van der Waals surface area contributed by atoms with Gasteiger partial charge in [0.05, 0.1) is 12.1 Å². The summed E-state index contributed by atoms with van der Waals surface area (Å²) in [5.74, 6) is -0.680. The first-order valence-electron chi connectivity index (χ1n) is 9.56. The van der Waals surface area contributed by atoms with Gasteiger partial charge in [0, 0.05) is 29.2 Å². The molecule has 4 rings (SSSR count). The van der Waals surface area contributed by atoms with Crippen LogP contribution in [0.3, 0.4) is 0 Å². The van der Waals surface area contributed by atoms with E-state index < -0.39 is 0 Å². The standard InChI is InChI=1S/C25H20FN3O/c1-16-11-18(9-10-28-16)22-7-5-17(13-25(27)30)12-23(22)20-6-8-24(29-15-20)19-3-2-4-21(26)14-19/h2-12,14-15H,13H2,1H3,(H2,27,30). The molecular formula is C25H20FN3O. The van der Waals surface area contributed by atoms with Crippen molar-refractivity contribution in [1.82, 2.24) is 9.97 Å². The van der Waals surface area contributed by atoms with E-state index in [1.807, 2.05) is 55.5 Å². The topological polar surface area (TPSA) is 68.9 Å². The van der Waals surface area contributed by atoms with Crippen molar-refractivity contribution in [2.45, 2.75) is 13.3 Å². The highest BCUT2D eigenvalue weighted by Gasteiger charge is 2.12. The molecule has 2 heterocycles. The first-order valence-corrected chi connectivity index (χ1v) is 9.56. The Hall–Kier alpha value is -3.86. The van der Waals surface area contributed by atoms with E-state index in [0.717, 1.165) is 33.5 Å². The van der Waals surface area contributed by atoms with Gasteiger partial charge in [0.15, 0.2) is 0 Å². The average molecular weight is 397 g/mol. The van der Waals surface area contributed by atoms with Crippen LogP contribution >= 0.6 is 0 Å². The van der Waals surface area contributed by atoms with E-state index in [1.165, 1.54) is 12.1 Å². The highest BCUT2D eigenvalue weighted by Crippen LogP contribution is 2.34. The van der Waals surface area contributed by atoms with E-state index in [2.05, 4.69) is 9.97 Å². The van der Waals surface area contributed by atoms with Crippen LogP contribution in [0, 0.1) is 12.7 Å². The molecule has 0 saturated carbocycles. The smallest absolute Gasteiger partial charge is 0.221 e. The number of carbonyl (C=O) groups is 1. The van der Waals surface area contributed by atoms with Crippen LogP contribution in [0.4, 0.5) is 4.39 Å². The van der Waals surface area contributed by atoms with Crippen LogP contribution in [-0.4, -0.2) is 15.9 Å². The lowest BCUT2D eigenvalue weighted by Gasteiger charge is -2.13. The molecule has 0 spiro atoms. The summed E-state index contributed by atoms with van der Waals surface area (Å²) in [6, 6.07) is 20.0. The molecule has 148 valence electrons. The van der Waals surface area contributed by atoms with Gasteiger partial charge >= 0.3 is 0 Å². The minimum Gasteiger partial charge on any atom is -0.369 e. The number of carbonyl (C=O) groups excluding carboxylic acids is 1. The van der Waals surface area contributed by atoms with Gasteiger partial charge in [-0.25, -0.2) is 4.39 Å². The number of pyridine rings is 2. The molecule has 0 radical (unpaired) electrons. The molecule has 0 bridgehead atoms. The summed E-state index contributed by atoms with van der Waals surface area (Å²) >= 11 is 0. The second kappa shape index (κ2) is 8.25. The minimum absolute atomic E-state index is 0.164. The van der Waals surface area contributed by atoms with Gasteiger partial charge in [0.25, 0.3) is 0 Å². The van der Waals surface area contributed by atoms with Gasteiger partial charge in [-0.3, -0.25) is 14.8 Å². The van der Waals surface area contributed by atoms with Gasteiger partial charge in [-0.1, -0.05) is 30.3 Å². The van der Waals surface area contributed by atoms with E-state index in [4.69, 9.17) is 5.73 Å². The Kier molecular flexibility index (Phi) is 5.35. The van der Waals surface area contributed by atoms with Crippen molar-refractivity contribution >= 4 is 5.91 Å². The number of nitrogens with two attached hydrogens (primary N) is 1. The molecule has 2 aromatic heterocycles. The summed E-state index contributed by atoms with van der Waals surface area (Å²) in [6.07, 6.45) is 3.70. The molecule has 1 amide bonds. The molecule has 0 aliphatic heterocycles. The van der Waals surface area contributed by atoms with Gasteiger partial charge in [0.1, 0.15) is 5.82 Å². The predicted molar refractivity (Wildman–Crippen MR) is 116 cm³/mol. The monoisotopic (exact) mass is 397 g/mol. The Morgan fingerprint density at radius 1 is 0.900 bits per heavy atom. The fourth-order valence-electron chi connectivity index (χ4n) is 3.48. The molecule has 0 unspecified atom stereocenters. The summed E-state index contributed by atoms with van der Waals surface area (Å²) in [4.78, 5) is 20.2. The summed E-state index contributed by atoms with van der Waals surface area (Å²) in [7, 11) is 0. The molecule has 0 fully saturated rings. The molecule has 30 heavy (non-hydrogen) atoms. The molecule has 0 saturated heterocycles. The van der Waals surface area contributed by atoms with E-state index in [9.17, 15) is 9.18 Å². The molecule has 4 nitrogen and oxygen atoms in total. The lowest BCUT2D eigenvalue weighted by atomic mass is 9.92. The van der Waals surface area contributed by atoms with E-state index in [0.29, 0.717) is 11.3 Å². The normalized spacial score (nSPS) is 10.7. The molecule has 0 aliphatic rings. The van der Waals surface area contributed by atoms with Crippen LogP contribution < -0.4 is 5.73 Å². The molecule has 2 aromatic carbocycles. The molecule has 2 N–H and O–H groups in total. The van der Waals surface area contributed by atoms with Crippen LogP contribution in [0.25, 0.3) is 33.5 Å². The quantitative estimate of drug-likeness (QED) is 0.518. The first kappa shape index (κ1) is 19.5. The maximum Gasteiger partial charge on any atom is 0.221 e. The Bertz CT molecular complexity index is 1220. The zero-order valence-corrected chi connectivity index (χ0v) is 16.5. The Morgan fingerprint density at radius 2 is 1.77 bits per heavy atom. The Morgan fingerprint density at radius 3 is 2.47 bits per heavy atom. The predicted octanol–water partition coefficient (Wildman–Crippen LogP) is 4.95. The van der Waals surface area contributed by atoms with Crippen LogP contribution in [0.15, 0.2) is 79.1 Å². The van der Waals surface area contributed by atoms with E-state index in [1.54, 1.807) is 18.5 Å². The van der Waals surface area contributed by atoms with Gasteiger partial charge in [-0.2, -0.15) is 0 Å². The summed E-state index contributed by atoms with van der Waals surface area (Å²) in [6.45, 7) is 1.94. The Labute approximate surface area is 174 Å². The summed E-state index contributed by atoms with van der Waals surface area (Å²) in [5, 5.41) is 0. The zero-order valence-electron chi connectivity index (χ0n) is 16.5. The number of rotatable bonds is 5. The molecule has 0 atom stereocenters. The summed E-state index contributed by atoms with van der Waals surface area (Å²) < 4.78 is 13.5. The number of hydrogen-bond donors (Lipinski definition) is 1. The van der Waals surface area contributed by atoms with Gasteiger partial charge in [-0.05, 0) is 65.6 Å². The van der Waals surface area contributed by atoms with Crippen molar-refractivity contribution in [3.63, 3.8) is 0 Å². The molecule has 5 heteroatoms. The number of primary amides is 1. The maximum atomic E-state index is 13.5. The van der Waals surface area contributed by atoms with Crippen molar-refractivity contribution in [2.75, 3.05) is 0 Å². The fourth-order valence-corrected chi connectivity index (χ4v) is 3.48. The zero-order chi connectivity index (χ0) is 21.1. The lowest BCUT2D eigenvalue weighted by Crippen LogP contribution is -2.13. The number of aromatic nitrogens is 2. The highest BCUT2D eigenvalue weighted by atomic mass is 19.1. The third-order valence-corrected chi connectivity index (χ3v) is 4.86. The highest BCUT2D eigenvalue weighted by molar-refractivity contribution is 5.85. The number of aryl methyl sites for hydroxylation is 1. The van der Waals surface area contributed by atoms with Gasteiger partial charge in [-0.15, -0.1) is 0 Å². The van der Waals surface area contributed by atoms with Crippen molar-refractivity contribution in [3.8, 4) is 33.5 Å². The van der Waals surface area contributed by atoms with Gasteiger partial charge in [0.2, 0.25) is 5.91 Å². The fraction of sp³-hybridized carbons (Fsp3) is 0.0800. The number of amides is 1. The minimum atomic E-state index is -0.381. The Balaban J connectivity index is 1.80. The number of hydrogen-bond acceptors (Lipinski definition) is 3. The SMILES string of the molecule is Cc1cc(-c2ccc(CC(N)=O)cc2-c2ccc(-c3cccc(F)c3)nc2)ccn1. The van der Waals surface area contributed by atoms with Crippen LogP contribution in [0.2, 0.25) is 0 Å². The first-order chi connectivity index (χ1) is 14.5. The number of nitrogens with zero attached hydrogens (tertiary/aromatic N) is 2. The summed E-state index contributed by atoms with van der Waals surface area (Å²) in [5.41, 5.74) is 12.4. The number of halogens is 1. The molecular weight excluding hydrogens is 377 g/mol. The number of benzene rings is 2. The van der Waals surface area contributed by atoms with E-state index >= 15 is 0 Å². The van der Waals surface area contributed by atoms with Crippen LogP contribution in [0.5, 0.6) is 0 Å². The maximum absolute atomic E-state index is 13.5. The second-order valence-electron chi connectivity index (χ2n) is 7.15. The third-order valence-electron chi connectivity index (χ3n) is 4.86. The van der Waals surface area contributed by atoms with Gasteiger partial charge < -0.3 is 5.73 Å². The van der Waals surface area contributed by atoms with Crippen molar-refractivity contribution in [2.24, 2.45) is 5.73 Å². The van der Waals surface area contributed by atoms with Crippen molar-refractivity contribution in [1.29, 1.82) is 0 Å². The third kappa shape index (κ3) is 4.25. The average Bonchev–Trinajstić information content (AvgIpc) is 2.73. The molecule has 0 aliphatic carbocycles. The van der Waals surface area contributed by atoms with Crippen molar-refractivity contribution < 1.29 is 9.18 Å². The van der Waals surface area contributed by atoms with Crippen LogP contribution in [-0.2, 0) is 11.2 Å². The largest absolute Gasteiger partial charge is 0.369 e. The second-order valence-corrected chi connectivity index (χ2v) is 7.15. The lowest BCUT2D eigenvalue weighted by molar-refractivity contribution is -0.117. The van der Waals surface area contributed by atoms with E-state index in [-0.39, 0.29) is 18.1 Å².